The number of sulfonamides is 1. The summed E-state index contributed by atoms with van der Waals surface area (Å²) in [5.74, 6) is -0.499. The van der Waals surface area contributed by atoms with Gasteiger partial charge in [-0.2, -0.15) is 8.42 Å². The maximum Gasteiger partial charge on any atom is 0.285 e. The topological polar surface area (TPSA) is 51.4 Å². The van der Waals surface area contributed by atoms with Crippen molar-refractivity contribution in [3.05, 3.63) is 101 Å². The maximum atomic E-state index is 13.2. The molecule has 0 radical (unpaired) electrons. The Hall–Kier alpha value is -3.03. The summed E-state index contributed by atoms with van der Waals surface area (Å²) in [6.07, 6.45) is 0. The molecule has 4 rings (SSSR count). The van der Waals surface area contributed by atoms with E-state index in [9.17, 15) is 12.8 Å². The molecule has 0 atom stereocenters. The zero-order valence-corrected chi connectivity index (χ0v) is 16.2. The molecule has 0 saturated heterocycles. The van der Waals surface area contributed by atoms with Crippen molar-refractivity contribution in [2.24, 2.45) is 4.40 Å². The molecule has 4 nitrogen and oxygen atoms in total. The number of rotatable bonds is 4. The summed E-state index contributed by atoms with van der Waals surface area (Å²) in [6.45, 7) is 0. The van der Waals surface area contributed by atoms with Gasteiger partial charge >= 0.3 is 0 Å². The highest BCUT2D eigenvalue weighted by molar-refractivity contribution is 7.90. The third kappa shape index (κ3) is 3.67. The van der Waals surface area contributed by atoms with Crippen LogP contribution in [0.5, 0.6) is 0 Å². The first-order valence-corrected chi connectivity index (χ1v) is 10.7. The lowest BCUT2D eigenvalue weighted by atomic mass is 10.1. The van der Waals surface area contributed by atoms with Gasteiger partial charge in [-0.15, -0.1) is 15.7 Å². The van der Waals surface area contributed by atoms with E-state index >= 15 is 0 Å². The zero-order valence-electron chi connectivity index (χ0n) is 14.6. The van der Waals surface area contributed by atoms with Crippen LogP contribution in [0.15, 0.2) is 99.6 Å². The van der Waals surface area contributed by atoms with Gasteiger partial charge in [-0.25, -0.2) is 4.39 Å². The van der Waals surface area contributed by atoms with Gasteiger partial charge in [-0.3, -0.25) is 4.57 Å². The quantitative estimate of drug-likeness (QED) is 0.492. The van der Waals surface area contributed by atoms with Crippen LogP contribution < -0.4 is 4.80 Å². The van der Waals surface area contributed by atoms with E-state index in [1.165, 1.54) is 23.5 Å². The van der Waals surface area contributed by atoms with Crippen LogP contribution in [0, 0.1) is 5.82 Å². The molecule has 0 aliphatic rings. The minimum absolute atomic E-state index is 0.0526. The Morgan fingerprint density at radius 3 is 2.07 bits per heavy atom. The van der Waals surface area contributed by atoms with Crippen molar-refractivity contribution in [2.75, 3.05) is 0 Å². The van der Waals surface area contributed by atoms with Crippen LogP contribution in [-0.4, -0.2) is 13.0 Å². The first-order valence-electron chi connectivity index (χ1n) is 8.42. The Labute approximate surface area is 165 Å². The smallest absolute Gasteiger partial charge is 0.284 e. The first-order chi connectivity index (χ1) is 13.5. The van der Waals surface area contributed by atoms with Crippen LogP contribution in [0.1, 0.15) is 0 Å². The van der Waals surface area contributed by atoms with Crippen LogP contribution in [0.3, 0.4) is 0 Å². The van der Waals surface area contributed by atoms with E-state index in [4.69, 9.17) is 0 Å². The highest BCUT2D eigenvalue weighted by Gasteiger charge is 2.16. The Bertz CT molecular complexity index is 1260. The molecule has 0 bridgehead atoms. The lowest BCUT2D eigenvalue weighted by Crippen LogP contribution is -2.16. The summed E-state index contributed by atoms with van der Waals surface area (Å²) >= 11 is 1.23. The van der Waals surface area contributed by atoms with E-state index in [0.29, 0.717) is 4.80 Å². The Morgan fingerprint density at radius 2 is 1.43 bits per heavy atom. The van der Waals surface area contributed by atoms with Crippen molar-refractivity contribution in [1.82, 2.24) is 4.57 Å². The second-order valence-electron chi connectivity index (χ2n) is 5.96. The fourth-order valence-electron chi connectivity index (χ4n) is 2.77. The molecule has 0 fully saturated rings. The van der Waals surface area contributed by atoms with E-state index in [2.05, 4.69) is 4.40 Å². The summed E-state index contributed by atoms with van der Waals surface area (Å²) in [7, 11) is -3.98. The SMILES string of the molecule is O=S(=O)(/N=c1/scc(-c2ccccc2)n1-c1ccccc1)c1ccc(F)cc1. The fourth-order valence-corrected chi connectivity index (χ4v) is 4.88. The van der Waals surface area contributed by atoms with Crippen LogP contribution >= 0.6 is 11.3 Å². The van der Waals surface area contributed by atoms with Gasteiger partial charge in [-0.1, -0.05) is 48.5 Å². The van der Waals surface area contributed by atoms with Crippen molar-refractivity contribution in [3.8, 4) is 16.9 Å². The molecule has 0 spiro atoms. The summed E-state index contributed by atoms with van der Waals surface area (Å²) < 4.78 is 44.5. The van der Waals surface area contributed by atoms with Crippen molar-refractivity contribution in [1.29, 1.82) is 0 Å². The van der Waals surface area contributed by atoms with Crippen LogP contribution in [-0.2, 0) is 10.0 Å². The molecule has 1 heterocycles. The zero-order chi connectivity index (χ0) is 19.6. The predicted molar refractivity (Wildman–Crippen MR) is 108 cm³/mol. The van der Waals surface area contributed by atoms with E-state index in [0.717, 1.165) is 29.1 Å². The average Bonchev–Trinajstić information content (AvgIpc) is 3.12. The highest BCUT2D eigenvalue weighted by atomic mass is 32.2. The molecule has 4 aromatic rings. The minimum atomic E-state index is -3.98. The van der Waals surface area contributed by atoms with Gasteiger partial charge in [0.2, 0.25) is 4.80 Å². The summed E-state index contributed by atoms with van der Waals surface area (Å²) in [6, 6.07) is 23.8. The molecule has 1 aromatic heterocycles. The average molecular weight is 410 g/mol. The van der Waals surface area contributed by atoms with Crippen LogP contribution in [0.4, 0.5) is 4.39 Å². The largest absolute Gasteiger partial charge is 0.285 e. The van der Waals surface area contributed by atoms with Crippen molar-refractivity contribution in [3.63, 3.8) is 0 Å². The van der Waals surface area contributed by atoms with Crippen molar-refractivity contribution in [2.45, 2.75) is 4.90 Å². The molecule has 0 aliphatic heterocycles. The Balaban J connectivity index is 1.94. The predicted octanol–water partition coefficient (Wildman–Crippen LogP) is 4.63. The van der Waals surface area contributed by atoms with E-state index < -0.39 is 15.8 Å². The van der Waals surface area contributed by atoms with Crippen LogP contribution in [0.25, 0.3) is 16.9 Å². The van der Waals surface area contributed by atoms with Gasteiger partial charge in [0, 0.05) is 11.1 Å². The molecule has 3 aromatic carbocycles. The number of halogens is 1. The number of thiazole rings is 1. The summed E-state index contributed by atoms with van der Waals surface area (Å²) in [4.78, 5) is 0.262. The second-order valence-corrected chi connectivity index (χ2v) is 8.40. The van der Waals surface area contributed by atoms with Gasteiger partial charge in [0.15, 0.2) is 0 Å². The molecule has 0 saturated carbocycles. The standard InChI is InChI=1S/C21H15FN2O2S2/c22-17-11-13-19(14-12-17)28(25,26)23-21-24(18-9-5-2-6-10-18)20(15-27-21)16-7-3-1-4-8-16/h1-15H/b23-21+. The highest BCUT2D eigenvalue weighted by Crippen LogP contribution is 2.23. The Morgan fingerprint density at radius 1 is 0.821 bits per heavy atom. The molecule has 140 valence electrons. The Kier molecular flexibility index (Phi) is 4.93. The van der Waals surface area contributed by atoms with Crippen molar-refractivity contribution < 1.29 is 12.8 Å². The molecule has 7 heteroatoms. The first kappa shape index (κ1) is 18.3. The number of aromatic nitrogens is 1. The van der Waals surface area contributed by atoms with Crippen LogP contribution in [0.2, 0.25) is 0 Å². The van der Waals surface area contributed by atoms with Gasteiger partial charge < -0.3 is 0 Å². The summed E-state index contributed by atoms with van der Waals surface area (Å²) in [5.41, 5.74) is 2.59. The normalized spacial score (nSPS) is 12.2. The maximum absolute atomic E-state index is 13.2. The number of nitrogens with zero attached hydrogens (tertiary/aromatic N) is 2. The van der Waals surface area contributed by atoms with Gasteiger partial charge in [0.25, 0.3) is 10.0 Å². The van der Waals surface area contributed by atoms with Gasteiger partial charge in [0.05, 0.1) is 10.6 Å². The van der Waals surface area contributed by atoms with E-state index in [1.807, 2.05) is 66.0 Å². The lowest BCUT2D eigenvalue weighted by Gasteiger charge is -2.09. The number of benzene rings is 3. The molecule has 0 unspecified atom stereocenters. The minimum Gasteiger partial charge on any atom is -0.284 e. The second kappa shape index (κ2) is 7.53. The lowest BCUT2D eigenvalue weighted by molar-refractivity contribution is 0.595. The number of hydrogen-bond donors (Lipinski definition) is 0. The molecule has 0 amide bonds. The van der Waals surface area contributed by atoms with Gasteiger partial charge in [0.1, 0.15) is 5.82 Å². The fraction of sp³-hybridized carbons (Fsp3) is 0. The molecule has 0 N–H and O–H groups in total. The third-order valence-electron chi connectivity index (χ3n) is 4.10. The third-order valence-corrected chi connectivity index (χ3v) is 6.32. The molecule has 28 heavy (non-hydrogen) atoms. The van der Waals surface area contributed by atoms with E-state index in [1.54, 1.807) is 4.57 Å². The molecular weight excluding hydrogens is 395 g/mol. The number of para-hydroxylation sites is 1. The molecular formula is C21H15FN2O2S2. The molecule has 0 aliphatic carbocycles. The monoisotopic (exact) mass is 410 g/mol. The van der Waals surface area contributed by atoms with Gasteiger partial charge in [-0.05, 0) is 42.0 Å². The van der Waals surface area contributed by atoms with E-state index in [-0.39, 0.29) is 4.90 Å². The number of hydrogen-bond acceptors (Lipinski definition) is 3. The summed E-state index contributed by atoms with van der Waals surface area (Å²) in [5, 5.41) is 1.88. The van der Waals surface area contributed by atoms with Crippen molar-refractivity contribution >= 4 is 21.4 Å².